The zero-order valence-corrected chi connectivity index (χ0v) is 16.6. The zero-order valence-electron chi connectivity index (χ0n) is 16.6. The van der Waals surface area contributed by atoms with Crippen LogP contribution in [0.1, 0.15) is 18.4 Å². The number of nitrogens with one attached hydrogen (secondary N) is 2. The lowest BCUT2D eigenvalue weighted by atomic mass is 9.97. The molecule has 5 nitrogen and oxygen atoms in total. The average Bonchev–Trinajstić information content (AvgIpc) is 2.79. The Labute approximate surface area is 178 Å². The van der Waals surface area contributed by atoms with Crippen LogP contribution in [0.3, 0.4) is 0 Å². The van der Waals surface area contributed by atoms with Gasteiger partial charge in [0.2, 0.25) is 11.8 Å². The maximum absolute atomic E-state index is 13.6. The van der Waals surface area contributed by atoms with Gasteiger partial charge in [-0.2, -0.15) is 5.10 Å². The molecule has 0 spiro atoms. The number of hydrogen-bond donors (Lipinski definition) is 2. The summed E-state index contributed by atoms with van der Waals surface area (Å²) in [6, 6.07) is 24.0. The summed E-state index contributed by atoms with van der Waals surface area (Å²) in [5.41, 5.74) is 3.47. The van der Waals surface area contributed by atoms with E-state index in [0.29, 0.717) is 0 Å². The van der Waals surface area contributed by atoms with Crippen molar-refractivity contribution >= 4 is 45.3 Å². The molecular weight excluding hydrogens is 393 g/mol. The molecule has 0 aliphatic rings. The largest absolute Gasteiger partial charge is 0.324 e. The fourth-order valence-electron chi connectivity index (χ4n) is 3.42. The van der Waals surface area contributed by atoms with Crippen molar-refractivity contribution in [3.8, 4) is 0 Å². The average molecular weight is 413 g/mol. The lowest BCUT2D eigenvalue weighted by Crippen LogP contribution is -2.21. The number of anilines is 1. The van der Waals surface area contributed by atoms with Gasteiger partial charge in [-0.15, -0.1) is 0 Å². The van der Waals surface area contributed by atoms with Gasteiger partial charge in [0.05, 0.1) is 11.9 Å². The van der Waals surface area contributed by atoms with E-state index < -0.39 is 17.6 Å². The Morgan fingerprint density at radius 3 is 2.06 bits per heavy atom. The van der Waals surface area contributed by atoms with Crippen LogP contribution in [0.2, 0.25) is 0 Å². The quantitative estimate of drug-likeness (QED) is 0.265. The molecular formula is C25H20FN3O2. The number of nitrogens with zero attached hydrogens (tertiary/aromatic N) is 1. The zero-order chi connectivity index (χ0) is 21.6. The molecule has 0 saturated heterocycles. The first-order valence-corrected chi connectivity index (χ1v) is 9.88. The number of benzene rings is 4. The summed E-state index contributed by atoms with van der Waals surface area (Å²) in [5.74, 6) is -1.36. The van der Waals surface area contributed by atoms with E-state index in [1.165, 1.54) is 18.2 Å². The number of hydrogen-bond acceptors (Lipinski definition) is 3. The number of amides is 2. The van der Waals surface area contributed by atoms with Crippen molar-refractivity contribution in [1.82, 2.24) is 5.43 Å². The second-order valence-electron chi connectivity index (χ2n) is 7.05. The van der Waals surface area contributed by atoms with Crippen LogP contribution in [-0.2, 0) is 9.59 Å². The minimum atomic E-state index is -0.521. The third-order valence-electron chi connectivity index (χ3n) is 4.92. The lowest BCUT2D eigenvalue weighted by Gasteiger charge is -2.08. The van der Waals surface area contributed by atoms with E-state index in [1.54, 1.807) is 12.3 Å². The summed E-state index contributed by atoms with van der Waals surface area (Å²) in [6.07, 6.45) is 1.49. The third kappa shape index (κ3) is 4.75. The van der Waals surface area contributed by atoms with E-state index in [2.05, 4.69) is 21.9 Å². The van der Waals surface area contributed by atoms with Gasteiger partial charge in [0.25, 0.3) is 0 Å². The standard InChI is InChI=1S/C25H20FN3O2/c26-22-11-5-6-12-23(22)28-24(30)13-14-25(31)29-27-16-21-19-9-3-1-7-17(19)15-18-8-2-4-10-20(18)21/h1-12,15-16H,13-14H2,(H,28,30)(H,29,31). The number of fused-ring (bicyclic) bond motifs is 2. The van der Waals surface area contributed by atoms with Crippen molar-refractivity contribution in [2.75, 3.05) is 5.32 Å². The van der Waals surface area contributed by atoms with Crippen molar-refractivity contribution < 1.29 is 14.0 Å². The Bertz CT molecular complexity index is 1250. The summed E-state index contributed by atoms with van der Waals surface area (Å²) in [6.45, 7) is 0. The first kappa shape index (κ1) is 20.2. The highest BCUT2D eigenvalue weighted by Gasteiger charge is 2.09. The van der Waals surface area contributed by atoms with E-state index in [1.807, 2.05) is 48.5 Å². The number of carbonyl (C=O) groups excluding carboxylic acids is 2. The number of rotatable bonds is 6. The van der Waals surface area contributed by atoms with Crippen molar-refractivity contribution in [2.45, 2.75) is 12.8 Å². The number of halogens is 1. The summed E-state index contributed by atoms with van der Waals surface area (Å²) < 4.78 is 13.6. The van der Waals surface area contributed by atoms with E-state index in [0.717, 1.165) is 27.1 Å². The van der Waals surface area contributed by atoms with Crippen LogP contribution in [0.15, 0.2) is 84.0 Å². The molecule has 0 aliphatic carbocycles. The second-order valence-corrected chi connectivity index (χ2v) is 7.05. The van der Waals surface area contributed by atoms with Crippen LogP contribution in [0, 0.1) is 5.82 Å². The van der Waals surface area contributed by atoms with Crippen LogP contribution in [-0.4, -0.2) is 18.0 Å². The first-order chi connectivity index (χ1) is 15.1. The fraction of sp³-hybridized carbons (Fsp3) is 0.0800. The molecule has 2 amide bonds. The maximum atomic E-state index is 13.6. The topological polar surface area (TPSA) is 70.6 Å². The van der Waals surface area contributed by atoms with E-state index in [4.69, 9.17) is 0 Å². The molecule has 154 valence electrons. The molecule has 31 heavy (non-hydrogen) atoms. The monoisotopic (exact) mass is 413 g/mol. The highest BCUT2D eigenvalue weighted by Crippen LogP contribution is 2.27. The van der Waals surface area contributed by atoms with Crippen molar-refractivity contribution in [1.29, 1.82) is 0 Å². The molecule has 0 bridgehead atoms. The minimum absolute atomic E-state index is 0.0616. The third-order valence-corrected chi connectivity index (χ3v) is 4.92. The molecule has 0 atom stereocenters. The SMILES string of the molecule is O=C(CCC(=O)Nc1ccccc1F)NN=Cc1c2ccccc2cc2ccccc12. The summed E-state index contributed by atoms with van der Waals surface area (Å²) in [4.78, 5) is 24.1. The van der Waals surface area contributed by atoms with Gasteiger partial charge in [-0.3, -0.25) is 9.59 Å². The van der Waals surface area contributed by atoms with Gasteiger partial charge >= 0.3 is 0 Å². The Morgan fingerprint density at radius 2 is 1.39 bits per heavy atom. The predicted molar refractivity (Wildman–Crippen MR) is 121 cm³/mol. The van der Waals surface area contributed by atoms with E-state index >= 15 is 0 Å². The molecule has 0 unspecified atom stereocenters. The molecule has 2 N–H and O–H groups in total. The molecule has 0 saturated carbocycles. The van der Waals surface area contributed by atoms with Crippen LogP contribution in [0.25, 0.3) is 21.5 Å². The van der Waals surface area contributed by atoms with E-state index in [-0.39, 0.29) is 18.5 Å². The van der Waals surface area contributed by atoms with Crippen molar-refractivity contribution in [3.63, 3.8) is 0 Å². The molecule has 4 rings (SSSR count). The molecule has 0 radical (unpaired) electrons. The Balaban J connectivity index is 1.41. The van der Waals surface area contributed by atoms with Gasteiger partial charge in [-0.1, -0.05) is 60.7 Å². The Kier molecular flexibility index (Phi) is 5.98. The first-order valence-electron chi connectivity index (χ1n) is 9.88. The molecule has 6 heteroatoms. The molecule has 0 heterocycles. The van der Waals surface area contributed by atoms with E-state index in [9.17, 15) is 14.0 Å². The van der Waals surface area contributed by atoms with Gasteiger partial charge in [-0.05, 0) is 39.7 Å². The fourth-order valence-corrected chi connectivity index (χ4v) is 3.42. The minimum Gasteiger partial charge on any atom is -0.324 e. The molecule has 0 aliphatic heterocycles. The number of hydrazone groups is 1. The van der Waals surface area contributed by atoms with Gasteiger partial charge in [0.15, 0.2) is 0 Å². The van der Waals surface area contributed by atoms with Crippen molar-refractivity contribution in [3.05, 3.63) is 90.2 Å². The smallest absolute Gasteiger partial charge is 0.240 e. The second kappa shape index (κ2) is 9.17. The molecule has 0 aromatic heterocycles. The maximum Gasteiger partial charge on any atom is 0.240 e. The Hall–Kier alpha value is -4.06. The summed E-state index contributed by atoms with van der Waals surface area (Å²) in [7, 11) is 0. The van der Waals surface area contributed by atoms with Crippen LogP contribution in [0.5, 0.6) is 0 Å². The van der Waals surface area contributed by atoms with Crippen LogP contribution in [0.4, 0.5) is 10.1 Å². The lowest BCUT2D eigenvalue weighted by molar-refractivity contribution is -0.124. The van der Waals surface area contributed by atoms with Gasteiger partial charge < -0.3 is 5.32 Å². The number of carbonyl (C=O) groups is 2. The van der Waals surface area contributed by atoms with Gasteiger partial charge in [-0.25, -0.2) is 9.82 Å². The highest BCUT2D eigenvalue weighted by molar-refractivity contribution is 6.13. The molecule has 0 fully saturated rings. The molecule has 4 aromatic rings. The number of para-hydroxylation sites is 1. The summed E-state index contributed by atoms with van der Waals surface area (Å²) >= 11 is 0. The van der Waals surface area contributed by atoms with Crippen molar-refractivity contribution in [2.24, 2.45) is 5.10 Å². The molecule has 4 aromatic carbocycles. The predicted octanol–water partition coefficient (Wildman–Crippen LogP) is 5.00. The highest BCUT2D eigenvalue weighted by atomic mass is 19.1. The Morgan fingerprint density at radius 1 is 0.806 bits per heavy atom. The normalized spacial score (nSPS) is 11.1. The van der Waals surface area contributed by atoms with Gasteiger partial charge in [0, 0.05) is 18.4 Å². The van der Waals surface area contributed by atoms with Crippen LogP contribution < -0.4 is 10.7 Å². The summed E-state index contributed by atoms with van der Waals surface area (Å²) in [5, 5.41) is 10.8. The van der Waals surface area contributed by atoms with Crippen LogP contribution >= 0.6 is 0 Å². The van der Waals surface area contributed by atoms with Gasteiger partial charge in [0.1, 0.15) is 5.82 Å².